The molecule has 0 aliphatic carbocycles. The largest absolute Gasteiger partial charge is 0.391 e. The monoisotopic (exact) mass is 235 g/mol. The van der Waals surface area contributed by atoms with Crippen LogP contribution in [0.5, 0.6) is 0 Å². The lowest BCUT2D eigenvalue weighted by atomic mass is 9.96. The number of piperidine rings is 1. The van der Waals surface area contributed by atoms with Crippen molar-refractivity contribution in [1.82, 2.24) is 9.97 Å². The first-order valence-electron chi connectivity index (χ1n) is 6.34. The Labute approximate surface area is 103 Å². The van der Waals surface area contributed by atoms with E-state index in [4.69, 9.17) is 0 Å². The fourth-order valence-electron chi connectivity index (χ4n) is 2.08. The standard InChI is InChI=1S/C13H21N3O/c1-9(2)13-14-6-4-12(15-13)16-7-5-10(3)11(17)8-16/h4,6,9-11,17H,5,7-8H2,1-3H3. The number of β-amino-alcohol motifs (C(OH)–C–C–N with tert-alkyl or cyclic N) is 1. The quantitative estimate of drug-likeness (QED) is 0.849. The molecule has 0 spiro atoms. The summed E-state index contributed by atoms with van der Waals surface area (Å²) < 4.78 is 0. The Bertz CT molecular complexity index is 381. The summed E-state index contributed by atoms with van der Waals surface area (Å²) in [4.78, 5) is 11.0. The number of aromatic nitrogens is 2. The summed E-state index contributed by atoms with van der Waals surface area (Å²) in [6, 6.07) is 1.93. The van der Waals surface area contributed by atoms with E-state index in [2.05, 4.69) is 35.6 Å². The van der Waals surface area contributed by atoms with Crippen LogP contribution >= 0.6 is 0 Å². The van der Waals surface area contributed by atoms with Crippen LogP contribution in [0.3, 0.4) is 0 Å². The molecule has 0 bridgehead atoms. The van der Waals surface area contributed by atoms with Crippen LogP contribution in [0.15, 0.2) is 12.3 Å². The molecule has 1 saturated heterocycles. The van der Waals surface area contributed by atoms with Gasteiger partial charge in [0.1, 0.15) is 11.6 Å². The number of anilines is 1. The van der Waals surface area contributed by atoms with Crippen molar-refractivity contribution in [1.29, 1.82) is 0 Å². The minimum Gasteiger partial charge on any atom is -0.391 e. The summed E-state index contributed by atoms with van der Waals surface area (Å²) in [6.07, 6.45) is 2.57. The van der Waals surface area contributed by atoms with Crippen molar-refractivity contribution in [2.24, 2.45) is 5.92 Å². The second-order valence-corrected chi connectivity index (χ2v) is 5.21. The van der Waals surface area contributed by atoms with E-state index >= 15 is 0 Å². The van der Waals surface area contributed by atoms with Crippen LogP contribution in [-0.4, -0.2) is 34.3 Å². The van der Waals surface area contributed by atoms with E-state index in [1.807, 2.05) is 12.3 Å². The van der Waals surface area contributed by atoms with Crippen LogP contribution in [0.2, 0.25) is 0 Å². The molecule has 4 nitrogen and oxygen atoms in total. The van der Waals surface area contributed by atoms with Crippen molar-refractivity contribution < 1.29 is 5.11 Å². The van der Waals surface area contributed by atoms with Gasteiger partial charge in [-0.15, -0.1) is 0 Å². The summed E-state index contributed by atoms with van der Waals surface area (Å²) in [7, 11) is 0. The first-order chi connectivity index (χ1) is 8.08. The molecule has 1 aromatic rings. The van der Waals surface area contributed by atoms with Gasteiger partial charge in [-0.1, -0.05) is 20.8 Å². The van der Waals surface area contributed by atoms with Crippen molar-refractivity contribution in [3.63, 3.8) is 0 Å². The lowest BCUT2D eigenvalue weighted by molar-refractivity contribution is 0.102. The maximum Gasteiger partial charge on any atom is 0.133 e. The van der Waals surface area contributed by atoms with Gasteiger partial charge in [-0.05, 0) is 18.4 Å². The molecule has 17 heavy (non-hydrogen) atoms. The highest BCUT2D eigenvalue weighted by atomic mass is 16.3. The first kappa shape index (κ1) is 12.3. The molecule has 1 N–H and O–H groups in total. The highest BCUT2D eigenvalue weighted by Gasteiger charge is 2.25. The van der Waals surface area contributed by atoms with E-state index in [1.54, 1.807) is 0 Å². The predicted molar refractivity (Wildman–Crippen MR) is 68.1 cm³/mol. The van der Waals surface area contributed by atoms with E-state index in [9.17, 15) is 5.11 Å². The zero-order valence-corrected chi connectivity index (χ0v) is 10.8. The number of hydrogen-bond acceptors (Lipinski definition) is 4. The van der Waals surface area contributed by atoms with Crippen LogP contribution < -0.4 is 4.90 Å². The Balaban J connectivity index is 2.14. The SMILES string of the molecule is CC(C)c1nccc(N2CCC(C)C(O)C2)n1. The number of nitrogens with zero attached hydrogens (tertiary/aromatic N) is 3. The molecule has 1 aliphatic heterocycles. The maximum absolute atomic E-state index is 9.90. The Hall–Kier alpha value is -1.16. The molecule has 1 aromatic heterocycles. The van der Waals surface area contributed by atoms with Gasteiger partial charge in [0, 0.05) is 25.2 Å². The van der Waals surface area contributed by atoms with Crippen molar-refractivity contribution in [2.45, 2.75) is 39.2 Å². The first-order valence-corrected chi connectivity index (χ1v) is 6.34. The van der Waals surface area contributed by atoms with Gasteiger partial charge in [-0.2, -0.15) is 0 Å². The lowest BCUT2D eigenvalue weighted by Crippen LogP contribution is -2.43. The molecule has 4 heteroatoms. The van der Waals surface area contributed by atoms with E-state index in [0.29, 0.717) is 18.4 Å². The van der Waals surface area contributed by atoms with Gasteiger partial charge in [0.2, 0.25) is 0 Å². The van der Waals surface area contributed by atoms with E-state index < -0.39 is 0 Å². The maximum atomic E-state index is 9.90. The van der Waals surface area contributed by atoms with Crippen molar-refractivity contribution in [3.05, 3.63) is 18.1 Å². The van der Waals surface area contributed by atoms with Crippen LogP contribution in [0, 0.1) is 5.92 Å². The zero-order valence-electron chi connectivity index (χ0n) is 10.8. The van der Waals surface area contributed by atoms with Gasteiger partial charge in [0.15, 0.2) is 0 Å². The average Bonchev–Trinajstić information content (AvgIpc) is 2.33. The molecule has 1 aliphatic rings. The van der Waals surface area contributed by atoms with Gasteiger partial charge in [-0.3, -0.25) is 0 Å². The fourth-order valence-corrected chi connectivity index (χ4v) is 2.08. The second-order valence-electron chi connectivity index (χ2n) is 5.21. The summed E-state index contributed by atoms with van der Waals surface area (Å²) in [5, 5.41) is 9.90. The summed E-state index contributed by atoms with van der Waals surface area (Å²) in [5.74, 6) is 2.53. The Morgan fingerprint density at radius 3 is 2.88 bits per heavy atom. The molecule has 0 radical (unpaired) electrons. The molecule has 1 fully saturated rings. The summed E-state index contributed by atoms with van der Waals surface area (Å²) in [6.45, 7) is 7.92. The molecule has 2 atom stereocenters. The van der Waals surface area contributed by atoms with E-state index in [-0.39, 0.29) is 6.10 Å². The zero-order chi connectivity index (χ0) is 12.4. The highest BCUT2D eigenvalue weighted by molar-refractivity contribution is 5.38. The molecule has 0 aromatic carbocycles. The number of rotatable bonds is 2. The average molecular weight is 235 g/mol. The molecule has 94 valence electrons. The smallest absolute Gasteiger partial charge is 0.133 e. The molecule has 0 amide bonds. The van der Waals surface area contributed by atoms with Crippen molar-refractivity contribution >= 4 is 5.82 Å². The number of hydrogen-bond donors (Lipinski definition) is 1. The Kier molecular flexibility index (Phi) is 3.62. The summed E-state index contributed by atoms with van der Waals surface area (Å²) in [5.41, 5.74) is 0. The van der Waals surface area contributed by atoms with Gasteiger partial charge in [0.05, 0.1) is 6.10 Å². The fraction of sp³-hybridized carbons (Fsp3) is 0.692. The van der Waals surface area contributed by atoms with Gasteiger partial charge in [-0.25, -0.2) is 9.97 Å². The molecule has 0 saturated carbocycles. The molecule has 2 rings (SSSR count). The van der Waals surface area contributed by atoms with Crippen LogP contribution in [0.4, 0.5) is 5.82 Å². The van der Waals surface area contributed by atoms with E-state index in [0.717, 1.165) is 24.6 Å². The topological polar surface area (TPSA) is 49.2 Å². The Morgan fingerprint density at radius 1 is 1.47 bits per heavy atom. The minimum atomic E-state index is -0.249. The minimum absolute atomic E-state index is 0.249. The van der Waals surface area contributed by atoms with Gasteiger partial charge >= 0.3 is 0 Å². The van der Waals surface area contributed by atoms with E-state index in [1.165, 1.54) is 0 Å². The van der Waals surface area contributed by atoms with Crippen molar-refractivity contribution in [2.75, 3.05) is 18.0 Å². The third-order valence-corrected chi connectivity index (χ3v) is 3.42. The number of aliphatic hydroxyl groups excluding tert-OH is 1. The normalized spacial score (nSPS) is 25.4. The van der Waals surface area contributed by atoms with Crippen LogP contribution in [0.25, 0.3) is 0 Å². The molecular formula is C13H21N3O. The molecule has 2 unspecified atom stereocenters. The third-order valence-electron chi connectivity index (χ3n) is 3.42. The number of aliphatic hydroxyl groups is 1. The van der Waals surface area contributed by atoms with Crippen LogP contribution in [-0.2, 0) is 0 Å². The van der Waals surface area contributed by atoms with Gasteiger partial charge in [0.25, 0.3) is 0 Å². The highest BCUT2D eigenvalue weighted by Crippen LogP contribution is 2.22. The third kappa shape index (κ3) is 2.75. The Morgan fingerprint density at radius 2 is 2.24 bits per heavy atom. The van der Waals surface area contributed by atoms with Crippen molar-refractivity contribution in [3.8, 4) is 0 Å². The second kappa shape index (κ2) is 5.00. The molecular weight excluding hydrogens is 214 g/mol. The lowest BCUT2D eigenvalue weighted by Gasteiger charge is -2.35. The summed E-state index contributed by atoms with van der Waals surface area (Å²) >= 11 is 0. The predicted octanol–water partition coefficient (Wildman–Crippen LogP) is 1.81. The molecule has 2 heterocycles. The van der Waals surface area contributed by atoms with Gasteiger partial charge < -0.3 is 10.0 Å². The van der Waals surface area contributed by atoms with Crippen LogP contribution in [0.1, 0.15) is 38.9 Å².